The van der Waals surface area contributed by atoms with Gasteiger partial charge in [-0.1, -0.05) is 16.8 Å². The molecule has 4 aliphatic heterocycles. The number of aliphatic carboxylic acids is 1. The number of fused-ring (bicyclic) bond motifs is 3. The summed E-state index contributed by atoms with van der Waals surface area (Å²) >= 11 is 8.30. The SMILES string of the molecule is CC(C)(O/N=C(\C(=O)N[C@@H]1C(=O)N2C(C=O)=C(C[N+]3(C)[C@@H]4CC[C@H]3CC(NC(=O)c3ccc(Cl)c(O)c3O)C4)CS[C@H]12)c1csc(N)n1)C(=O)O. The molecule has 0 spiro atoms. The van der Waals surface area contributed by atoms with Crippen LogP contribution in [0.2, 0.25) is 5.02 Å². The number of halogens is 1. The van der Waals surface area contributed by atoms with Gasteiger partial charge in [-0.25, -0.2) is 9.78 Å². The quantitative estimate of drug-likeness (QED) is 0.0481. The number of likely N-dealkylation sites (N-methyl/N-ethyl adjacent to an activating group) is 1. The number of hydrogen-bond acceptors (Lipinski definition) is 13. The number of hydrogen-bond donors (Lipinski definition) is 6. The number of aromatic nitrogens is 1. The molecule has 1 aromatic heterocycles. The summed E-state index contributed by atoms with van der Waals surface area (Å²) in [6, 6.07) is 1.87. The van der Waals surface area contributed by atoms with E-state index in [-0.39, 0.29) is 50.9 Å². The van der Waals surface area contributed by atoms with Gasteiger partial charge < -0.3 is 41.0 Å². The molecule has 3 amide bonds. The third-order valence-corrected chi connectivity index (χ3v) is 12.5. The van der Waals surface area contributed by atoms with Gasteiger partial charge in [0.15, 0.2) is 28.6 Å². The first-order valence-corrected chi connectivity index (χ1v) is 18.4. The summed E-state index contributed by atoms with van der Waals surface area (Å²) in [5.74, 6) is -3.80. The minimum Gasteiger partial charge on any atom is -0.504 e. The second-order valence-electron chi connectivity index (χ2n) is 13.7. The highest BCUT2D eigenvalue weighted by molar-refractivity contribution is 8.00. The number of aromatic hydroxyl groups is 2. The second kappa shape index (κ2) is 13.6. The molecular weight excluding hydrogens is 726 g/mol. The van der Waals surface area contributed by atoms with E-state index in [1.165, 1.54) is 48.0 Å². The number of piperidine rings is 1. The normalized spacial score (nSPS) is 27.4. The summed E-state index contributed by atoms with van der Waals surface area (Å²) in [6.07, 6.45) is 3.84. The fourth-order valence-electron chi connectivity index (χ4n) is 7.26. The van der Waals surface area contributed by atoms with Gasteiger partial charge in [-0.2, -0.15) is 0 Å². The van der Waals surface area contributed by atoms with Crippen LogP contribution in [-0.4, -0.2) is 120 Å². The maximum atomic E-state index is 13.5. The molecule has 7 N–H and O–H groups in total. The topological polar surface area (TPSA) is 234 Å². The maximum Gasteiger partial charge on any atom is 0.350 e. The molecule has 19 heteroatoms. The lowest BCUT2D eigenvalue weighted by atomic mass is 9.92. The zero-order chi connectivity index (χ0) is 37.0. The Morgan fingerprint density at radius 2 is 1.88 bits per heavy atom. The Bertz CT molecular complexity index is 1870. The standard InChI is InChI=1S/C32H36ClN7O9S2/c1-32(2,30(47)48)49-38-22(20-13-51-31(34)36-20)27(45)37-23-28(46)39-21(11-41)14(12-50-29(23)39)10-40(3)16-4-5-17(40)9-15(8-16)35-26(44)18-6-7-19(33)25(43)24(18)42/h6-7,11,13,15-17,23,29H,4-5,8-10,12H2,1-3H3,(H6-,34,35,36,37,38,42,43,44,45,47,48)/p+1/t15?,16-,17+,23-,29-,40?/m1/s1. The number of carbonyl (C=O) groups is 5. The van der Waals surface area contributed by atoms with Crippen molar-refractivity contribution in [2.45, 2.75) is 74.7 Å². The number of carbonyl (C=O) groups excluding carboxylic acids is 4. The number of allylic oxidation sites excluding steroid dienone is 1. The summed E-state index contributed by atoms with van der Waals surface area (Å²) in [5.41, 5.74) is 4.70. The fraction of sp³-hybridized carbons (Fsp3) is 0.469. The Balaban J connectivity index is 1.13. The number of phenolic OH excluding ortho intramolecular Hbond substituents is 2. The molecular formula is C32H37ClN7O9S2+. The van der Waals surface area contributed by atoms with Crippen molar-refractivity contribution in [3.05, 3.63) is 45.1 Å². The number of aldehydes is 1. The van der Waals surface area contributed by atoms with E-state index in [2.05, 4.69) is 27.8 Å². The zero-order valence-corrected chi connectivity index (χ0v) is 30.2. The Hall–Kier alpha value is -4.39. The van der Waals surface area contributed by atoms with Crippen molar-refractivity contribution >= 4 is 75.5 Å². The van der Waals surface area contributed by atoms with Crippen LogP contribution >= 0.6 is 34.7 Å². The first-order valence-electron chi connectivity index (χ1n) is 16.1. The van der Waals surface area contributed by atoms with E-state index in [1.807, 2.05) is 0 Å². The number of thiazole rings is 1. The Morgan fingerprint density at radius 3 is 2.49 bits per heavy atom. The predicted octanol–water partition coefficient (Wildman–Crippen LogP) is 1.80. The summed E-state index contributed by atoms with van der Waals surface area (Å²) in [6.45, 7) is 3.05. The number of benzene rings is 1. The van der Waals surface area contributed by atoms with Crippen LogP contribution in [0.5, 0.6) is 11.5 Å². The molecule has 0 aliphatic carbocycles. The average Bonchev–Trinajstić information content (AvgIpc) is 3.54. The van der Waals surface area contributed by atoms with Crippen LogP contribution in [0.3, 0.4) is 0 Å². The number of nitrogen functional groups attached to an aromatic ring is 1. The lowest BCUT2D eigenvalue weighted by molar-refractivity contribution is -0.944. The van der Waals surface area contributed by atoms with Crippen molar-refractivity contribution in [3.8, 4) is 11.5 Å². The highest BCUT2D eigenvalue weighted by atomic mass is 35.5. The van der Waals surface area contributed by atoms with Gasteiger partial charge in [-0.15, -0.1) is 23.1 Å². The molecule has 0 radical (unpaired) electrons. The molecule has 3 saturated heterocycles. The minimum atomic E-state index is -1.76. The molecule has 2 aromatic rings. The molecule has 16 nitrogen and oxygen atoms in total. The highest BCUT2D eigenvalue weighted by Gasteiger charge is 2.56. The minimum absolute atomic E-state index is 0.0456. The van der Waals surface area contributed by atoms with E-state index in [4.69, 9.17) is 22.2 Å². The van der Waals surface area contributed by atoms with Gasteiger partial charge >= 0.3 is 5.97 Å². The molecule has 2 bridgehead atoms. The Morgan fingerprint density at radius 1 is 1.20 bits per heavy atom. The van der Waals surface area contributed by atoms with E-state index in [1.54, 1.807) is 0 Å². The van der Waals surface area contributed by atoms with Crippen LogP contribution in [0, 0.1) is 0 Å². The van der Waals surface area contributed by atoms with E-state index in [0.29, 0.717) is 35.9 Å². The largest absolute Gasteiger partial charge is 0.504 e. The van der Waals surface area contributed by atoms with Crippen molar-refractivity contribution < 1.29 is 48.6 Å². The Labute approximate surface area is 305 Å². The van der Waals surface area contributed by atoms with Crippen LogP contribution in [0.25, 0.3) is 0 Å². The number of rotatable bonds is 11. The van der Waals surface area contributed by atoms with Crippen LogP contribution in [0.1, 0.15) is 55.6 Å². The average molecular weight is 763 g/mol. The fourth-order valence-corrected chi connectivity index (χ4v) is 9.32. The number of oxime groups is 1. The van der Waals surface area contributed by atoms with Gasteiger partial charge in [0.2, 0.25) is 5.60 Å². The van der Waals surface area contributed by atoms with E-state index in [9.17, 15) is 39.3 Å². The summed E-state index contributed by atoms with van der Waals surface area (Å²) in [5, 5.41) is 40.0. The second-order valence-corrected chi connectivity index (χ2v) is 16.1. The Kier molecular flexibility index (Phi) is 9.73. The molecule has 1 aromatic carbocycles. The number of nitrogens with one attached hydrogen (secondary N) is 2. The molecule has 5 heterocycles. The van der Waals surface area contributed by atoms with Crippen molar-refractivity contribution in [2.75, 3.05) is 25.1 Å². The van der Waals surface area contributed by atoms with Gasteiger partial charge in [-0.05, 0) is 26.0 Å². The smallest absolute Gasteiger partial charge is 0.350 e. The number of quaternary nitrogens is 1. The number of amides is 3. The molecule has 0 saturated carbocycles. The summed E-state index contributed by atoms with van der Waals surface area (Å²) in [4.78, 5) is 74.6. The van der Waals surface area contributed by atoms with Gasteiger partial charge in [0.1, 0.15) is 23.7 Å². The third-order valence-electron chi connectivity index (χ3n) is 10.2. The molecule has 51 heavy (non-hydrogen) atoms. The first kappa shape index (κ1) is 36.4. The number of phenols is 2. The number of β-lactam (4-membered cyclic amide) rings is 1. The number of nitrogens with two attached hydrogens (primary N) is 1. The molecule has 3 fully saturated rings. The van der Waals surface area contributed by atoms with Crippen LogP contribution in [0.15, 0.2) is 33.9 Å². The lowest BCUT2D eigenvalue weighted by Crippen LogP contribution is -2.71. The van der Waals surface area contributed by atoms with Gasteiger partial charge in [0.25, 0.3) is 17.7 Å². The number of nitrogens with zero attached hydrogens (tertiary/aromatic N) is 4. The van der Waals surface area contributed by atoms with Crippen LogP contribution in [0.4, 0.5) is 5.13 Å². The van der Waals surface area contributed by atoms with Crippen molar-refractivity contribution in [1.29, 1.82) is 0 Å². The van der Waals surface area contributed by atoms with E-state index < -0.39 is 52.2 Å². The highest BCUT2D eigenvalue weighted by Crippen LogP contribution is 2.45. The maximum absolute atomic E-state index is 13.5. The molecule has 272 valence electrons. The molecule has 6 rings (SSSR count). The molecule has 6 atom stereocenters. The van der Waals surface area contributed by atoms with Crippen molar-refractivity contribution in [3.63, 3.8) is 0 Å². The predicted molar refractivity (Wildman–Crippen MR) is 187 cm³/mol. The number of anilines is 1. The van der Waals surface area contributed by atoms with Gasteiger partial charge in [0.05, 0.1) is 35.4 Å². The number of carboxylic acid groups (broad SMARTS) is 1. The summed E-state index contributed by atoms with van der Waals surface area (Å²) in [7, 11) is 2.14. The van der Waals surface area contributed by atoms with Gasteiger partial charge in [-0.3, -0.25) is 24.1 Å². The zero-order valence-electron chi connectivity index (χ0n) is 27.8. The van der Waals surface area contributed by atoms with Crippen LogP contribution < -0.4 is 16.4 Å². The van der Waals surface area contributed by atoms with Crippen molar-refractivity contribution in [2.24, 2.45) is 5.16 Å². The third kappa shape index (κ3) is 6.60. The van der Waals surface area contributed by atoms with E-state index >= 15 is 0 Å². The number of carboxylic acids is 1. The molecule has 4 aliphatic rings. The molecule has 2 unspecified atom stereocenters. The van der Waals surface area contributed by atoms with Crippen molar-refractivity contribution in [1.82, 2.24) is 20.5 Å². The van der Waals surface area contributed by atoms with Gasteiger partial charge in [0, 0.05) is 48.4 Å². The monoisotopic (exact) mass is 762 g/mol. The van der Waals surface area contributed by atoms with E-state index in [0.717, 1.165) is 29.8 Å². The first-order chi connectivity index (χ1) is 24.0. The lowest BCUT2D eigenvalue weighted by Gasteiger charge is -2.52. The van der Waals surface area contributed by atoms with Crippen LogP contribution in [-0.2, 0) is 24.0 Å². The number of thioether (sulfide) groups is 1. The summed E-state index contributed by atoms with van der Waals surface area (Å²) < 4.78 is 0.642.